The molecule has 0 aliphatic rings. The summed E-state index contributed by atoms with van der Waals surface area (Å²) in [4.78, 5) is 8.91. The summed E-state index contributed by atoms with van der Waals surface area (Å²) in [5.41, 5.74) is 0.312. The summed E-state index contributed by atoms with van der Waals surface area (Å²) in [5.74, 6) is 0. The third-order valence-electron chi connectivity index (χ3n) is 8.78. The van der Waals surface area contributed by atoms with Crippen LogP contribution in [-0.4, -0.2) is 216 Å². The Hall–Kier alpha value is 0.638. The third kappa shape index (κ3) is 63.8. The van der Waals surface area contributed by atoms with Gasteiger partial charge in [-0.2, -0.15) is 0 Å². The van der Waals surface area contributed by atoms with E-state index in [9.17, 15) is 0 Å². The molecule has 0 amide bonds. The maximum absolute atomic E-state index is 8.91. The average molecular weight is 1260 g/mol. The van der Waals surface area contributed by atoms with Crippen LogP contribution in [0.25, 0.3) is 0 Å². The molecule has 498 valence electrons. The SMILES string of the molecule is C.C.C.C.C.C.C.C.C.C.C.C.C.C.CCC[Si](OC)(OC)OC.CC[Si](OC)(OC)OC.CC[Si](OC)(OC)OC.CO[Si](C)(OC)OC.CO[Si](C)(OC)OC.CO[Si](O)(OC)OC.CO[Si](OC)(OC)C(C)C. The summed E-state index contributed by atoms with van der Waals surface area (Å²) < 4.78 is 105. The first-order valence-corrected chi connectivity index (χ1v) is 32.9. The van der Waals surface area contributed by atoms with E-state index in [-0.39, 0.29) is 104 Å². The first kappa shape index (κ1) is 142. The molecule has 0 rings (SSSR count). The smallest absolute Gasteiger partial charge is 0.377 e. The van der Waals surface area contributed by atoms with Crippen LogP contribution in [0.1, 0.15) is 145 Å². The maximum Gasteiger partial charge on any atom is 0.676 e. The highest BCUT2D eigenvalue weighted by Crippen LogP contribution is 2.22. The summed E-state index contributed by atoms with van der Waals surface area (Å²) in [6.07, 6.45) is 1.03. The second kappa shape index (κ2) is 84.4. The second-order valence-electron chi connectivity index (χ2n) is 11.8. The third-order valence-corrected chi connectivity index (χ3v) is 26.3. The molecule has 29 heteroatoms. The highest BCUT2D eigenvalue weighted by Gasteiger charge is 2.42. The molecule has 0 aromatic rings. The van der Waals surface area contributed by atoms with E-state index < -0.39 is 61.9 Å². The Morgan fingerprint density at radius 1 is 0.276 bits per heavy atom. The highest BCUT2D eigenvalue weighted by atomic mass is 28.4. The van der Waals surface area contributed by atoms with Gasteiger partial charge >= 0.3 is 61.9 Å². The maximum atomic E-state index is 8.91. The van der Waals surface area contributed by atoms with E-state index in [0.29, 0.717) is 5.54 Å². The van der Waals surface area contributed by atoms with Gasteiger partial charge in [-0.25, -0.2) is 0 Å². The number of rotatable bonds is 26. The molecule has 0 saturated carbocycles. The molecule has 0 heterocycles. The molecule has 0 aliphatic heterocycles. The van der Waals surface area contributed by atoms with E-state index in [4.69, 9.17) is 84.5 Å². The van der Waals surface area contributed by atoms with E-state index >= 15 is 0 Å². The number of hydrogen-bond donors (Lipinski definition) is 1. The Morgan fingerprint density at radius 3 is 0.461 bits per heavy atom. The topological polar surface area (TPSA) is 214 Å². The fraction of sp³-hybridized carbons (Fsp3) is 1.00. The Bertz CT molecular complexity index is 771. The molecule has 0 radical (unpaired) electrons. The van der Waals surface area contributed by atoms with Gasteiger partial charge < -0.3 is 97.7 Å². The van der Waals surface area contributed by atoms with Crippen LogP contribution in [0.3, 0.4) is 0 Å². The Labute approximate surface area is 488 Å². The van der Waals surface area contributed by atoms with Crippen molar-refractivity contribution >= 4 is 61.9 Å². The molecule has 1 N–H and O–H groups in total. The lowest BCUT2D eigenvalue weighted by Crippen LogP contribution is -2.45. The predicted octanol–water partition coefficient (Wildman–Crippen LogP) is 13.6. The minimum atomic E-state index is -3.17. The lowest BCUT2D eigenvalue weighted by molar-refractivity contribution is 0.0418. The molecular weight excluding hydrogens is 1110 g/mol. The molecule has 0 spiro atoms. The van der Waals surface area contributed by atoms with Crippen molar-refractivity contribution in [1.82, 2.24) is 0 Å². The van der Waals surface area contributed by atoms with Gasteiger partial charge in [0.25, 0.3) is 0 Å². The van der Waals surface area contributed by atoms with Crippen molar-refractivity contribution in [3.05, 3.63) is 0 Å². The van der Waals surface area contributed by atoms with Crippen molar-refractivity contribution in [3.8, 4) is 0 Å². The minimum Gasteiger partial charge on any atom is -0.377 e. The summed E-state index contributed by atoms with van der Waals surface area (Å²) in [5, 5.41) is 0. The zero-order chi connectivity index (χ0) is 50.8. The van der Waals surface area contributed by atoms with Gasteiger partial charge in [0, 0.05) is 186 Å². The van der Waals surface area contributed by atoms with Gasteiger partial charge in [-0.3, -0.25) is 0 Å². The van der Waals surface area contributed by atoms with E-state index in [2.05, 4.69) is 20.2 Å². The highest BCUT2D eigenvalue weighted by molar-refractivity contribution is 6.62. The van der Waals surface area contributed by atoms with E-state index in [1.807, 2.05) is 40.8 Å². The van der Waals surface area contributed by atoms with Gasteiger partial charge in [0.15, 0.2) is 0 Å². The molecule has 76 heavy (non-hydrogen) atoms. The Balaban J connectivity index is -0.0000000237. The molecule has 0 atom stereocenters. The van der Waals surface area contributed by atoms with Crippen molar-refractivity contribution < 1.29 is 97.7 Å². The molecular formula is C47H150O22Si7. The standard InChI is InChI=1S/2C6H16O3Si.2C5H14O3Si.2C4H12O3Si.C3H10O4Si.14CH4/c1-6(2)10(7-3,8-4)9-5;1-5-6-10(7-2,8-3)9-4;2*1-5-9(6-2,7-3)8-4;3*1-5-8(4,6-2)7-3;;;;;;;;;;;;;;/h6H,1-5H3;5-6H2,1-4H3;2*5H2,1-4H3;2*1-4H3;4H,1-3H3;14*1H4. The van der Waals surface area contributed by atoms with Crippen molar-refractivity contribution in [1.29, 1.82) is 0 Å². The van der Waals surface area contributed by atoms with Crippen molar-refractivity contribution in [2.75, 3.05) is 149 Å². The van der Waals surface area contributed by atoms with Crippen LogP contribution in [0.2, 0.25) is 36.8 Å². The summed E-state index contributed by atoms with van der Waals surface area (Å²) in [6.45, 7) is 13.8. The lowest BCUT2D eigenvalue weighted by Gasteiger charge is -2.27. The Morgan fingerprint density at radius 2 is 0.447 bits per heavy atom. The molecule has 0 aliphatic carbocycles. The van der Waals surface area contributed by atoms with Crippen LogP contribution >= 0.6 is 0 Å². The van der Waals surface area contributed by atoms with Crippen LogP contribution < -0.4 is 0 Å². The quantitative estimate of drug-likeness (QED) is 0.0797. The van der Waals surface area contributed by atoms with Crippen LogP contribution in [-0.2, 0) is 92.9 Å². The second-order valence-corrected chi connectivity index (χ2v) is 33.2. The van der Waals surface area contributed by atoms with Crippen molar-refractivity contribution in [2.24, 2.45) is 0 Å². The lowest BCUT2D eigenvalue weighted by atomic mass is 10.6. The van der Waals surface area contributed by atoms with E-state index in [1.165, 1.54) is 21.3 Å². The van der Waals surface area contributed by atoms with Gasteiger partial charge in [0.05, 0.1) is 0 Å². The van der Waals surface area contributed by atoms with Crippen LogP contribution in [0.4, 0.5) is 0 Å². The molecule has 0 fully saturated rings. The van der Waals surface area contributed by atoms with Gasteiger partial charge in [0.2, 0.25) is 0 Å². The van der Waals surface area contributed by atoms with Crippen molar-refractivity contribution in [2.45, 2.75) is 182 Å². The Kier molecular flexibility index (Phi) is 157. The normalized spacial score (nSPS) is 9.87. The van der Waals surface area contributed by atoms with Gasteiger partial charge in [-0.1, -0.05) is 145 Å². The zero-order valence-corrected chi connectivity index (χ0v) is 50.9. The number of hydrogen-bond acceptors (Lipinski definition) is 22. The monoisotopic (exact) mass is 1260 g/mol. The zero-order valence-electron chi connectivity index (χ0n) is 43.9. The van der Waals surface area contributed by atoms with E-state index in [0.717, 1.165) is 24.6 Å². The summed E-state index contributed by atoms with van der Waals surface area (Å²) >= 11 is 0. The fourth-order valence-corrected chi connectivity index (χ4v) is 11.8. The molecule has 0 bridgehead atoms. The fourth-order valence-electron chi connectivity index (χ4n) is 3.94. The van der Waals surface area contributed by atoms with Gasteiger partial charge in [0.1, 0.15) is 0 Å². The molecule has 0 aromatic carbocycles. The van der Waals surface area contributed by atoms with Crippen LogP contribution in [0.5, 0.6) is 0 Å². The van der Waals surface area contributed by atoms with E-state index in [1.54, 1.807) is 128 Å². The molecule has 0 aromatic heterocycles. The average Bonchev–Trinajstić information content (AvgIpc) is 3.33. The molecule has 0 unspecified atom stereocenters. The molecule has 22 nitrogen and oxygen atoms in total. The molecule has 0 saturated heterocycles. The summed E-state index contributed by atoms with van der Waals surface area (Å²) in [7, 11) is 16.5. The first-order chi connectivity index (χ1) is 28.9. The largest absolute Gasteiger partial charge is 0.676 e. The van der Waals surface area contributed by atoms with Gasteiger partial charge in [-0.15, -0.1) is 0 Å². The van der Waals surface area contributed by atoms with Crippen molar-refractivity contribution in [3.63, 3.8) is 0 Å². The van der Waals surface area contributed by atoms with Crippen LogP contribution in [0.15, 0.2) is 0 Å². The summed E-state index contributed by atoms with van der Waals surface area (Å²) in [6, 6.07) is 2.52. The van der Waals surface area contributed by atoms with Gasteiger partial charge in [-0.05, 0) is 0 Å². The van der Waals surface area contributed by atoms with Crippen LogP contribution in [0, 0.1) is 0 Å². The predicted molar refractivity (Wildman–Crippen MR) is 347 cm³/mol. The first-order valence-electron chi connectivity index (χ1n) is 19.2. The minimum absolute atomic E-state index is 0.